The predicted molar refractivity (Wildman–Crippen MR) is 111 cm³/mol. The van der Waals surface area contributed by atoms with Crippen molar-refractivity contribution in [1.29, 1.82) is 0 Å². The number of halogens is 1. The number of amides is 2. The van der Waals surface area contributed by atoms with Gasteiger partial charge in [-0.1, -0.05) is 37.2 Å². The molecule has 0 atom stereocenters. The van der Waals surface area contributed by atoms with Crippen LogP contribution >= 0.6 is 0 Å². The number of hydrogen-bond donors (Lipinski definition) is 2. The molecular weight excluding hydrogens is 387 g/mol. The molecule has 0 bridgehead atoms. The lowest BCUT2D eigenvalue weighted by Crippen LogP contribution is -2.29. The fourth-order valence-electron chi connectivity index (χ4n) is 2.63. The number of anilines is 1. The molecule has 8 heteroatoms. The summed E-state index contributed by atoms with van der Waals surface area (Å²) in [5.41, 5.74) is 1.47. The minimum Gasteiger partial charge on any atom is -0.489 e. The van der Waals surface area contributed by atoms with Crippen molar-refractivity contribution in [2.24, 2.45) is 0 Å². The normalized spacial score (nSPS) is 10.8. The molecule has 0 saturated heterocycles. The summed E-state index contributed by atoms with van der Waals surface area (Å²) in [7, 11) is 0. The van der Waals surface area contributed by atoms with Crippen molar-refractivity contribution in [1.82, 2.24) is 15.5 Å². The number of aryl methyl sites for hydroxylation is 1. The summed E-state index contributed by atoms with van der Waals surface area (Å²) in [5.74, 6) is 1.81. The Hall–Kier alpha value is -3.42. The van der Waals surface area contributed by atoms with Crippen LogP contribution in [0, 0.1) is 5.82 Å². The second kappa shape index (κ2) is 10.4. The Morgan fingerprint density at radius 2 is 2.00 bits per heavy atom. The first kappa shape index (κ1) is 21.3. The second-order valence-corrected chi connectivity index (χ2v) is 7.13. The highest BCUT2D eigenvalue weighted by Gasteiger charge is 2.09. The van der Waals surface area contributed by atoms with Gasteiger partial charge in [0.05, 0.1) is 0 Å². The lowest BCUT2D eigenvalue weighted by atomic mass is 10.2. The van der Waals surface area contributed by atoms with Gasteiger partial charge in [0.15, 0.2) is 5.82 Å². The highest BCUT2D eigenvalue weighted by atomic mass is 19.1. The van der Waals surface area contributed by atoms with Crippen molar-refractivity contribution < 1.29 is 18.4 Å². The van der Waals surface area contributed by atoms with Crippen molar-refractivity contribution in [2.45, 2.75) is 39.2 Å². The largest absolute Gasteiger partial charge is 0.489 e. The predicted octanol–water partition coefficient (Wildman–Crippen LogP) is 4.67. The van der Waals surface area contributed by atoms with Gasteiger partial charge in [0.25, 0.3) is 0 Å². The van der Waals surface area contributed by atoms with E-state index >= 15 is 0 Å². The first-order valence-corrected chi connectivity index (χ1v) is 9.84. The van der Waals surface area contributed by atoms with Crippen LogP contribution in [0.5, 0.6) is 5.75 Å². The molecule has 0 aliphatic carbocycles. The molecule has 0 aliphatic rings. The van der Waals surface area contributed by atoms with Crippen LogP contribution in [0.2, 0.25) is 0 Å². The smallest absolute Gasteiger partial charge is 0.319 e. The summed E-state index contributed by atoms with van der Waals surface area (Å²) in [6.07, 6.45) is 1.29. The molecule has 1 heterocycles. The zero-order valence-electron chi connectivity index (χ0n) is 17.0. The quantitative estimate of drug-likeness (QED) is 0.499. The summed E-state index contributed by atoms with van der Waals surface area (Å²) < 4.78 is 23.8. The zero-order chi connectivity index (χ0) is 21.3. The standard InChI is InChI=1S/C22H25FN4O3/c1-15(2)21-26-20(30-27-21)7-4-12-24-22(28)25-18-5-3-6-19(13-18)29-14-16-8-10-17(23)11-9-16/h3,5-6,8-11,13,15H,4,7,12,14H2,1-2H3,(H2,24,25,28). The molecule has 2 N–H and O–H groups in total. The number of urea groups is 1. The molecule has 158 valence electrons. The summed E-state index contributed by atoms with van der Waals surface area (Å²) in [5, 5.41) is 9.49. The van der Waals surface area contributed by atoms with Crippen molar-refractivity contribution in [3.63, 3.8) is 0 Å². The average molecular weight is 412 g/mol. The van der Waals surface area contributed by atoms with Crippen LogP contribution in [0.15, 0.2) is 53.1 Å². The molecule has 3 rings (SSSR count). The van der Waals surface area contributed by atoms with Crippen LogP contribution in [0.25, 0.3) is 0 Å². The van der Waals surface area contributed by atoms with Crippen LogP contribution < -0.4 is 15.4 Å². The first-order valence-electron chi connectivity index (χ1n) is 9.84. The van der Waals surface area contributed by atoms with Crippen LogP contribution in [0.1, 0.15) is 43.5 Å². The molecule has 0 fully saturated rings. The summed E-state index contributed by atoms with van der Waals surface area (Å²) >= 11 is 0. The number of ether oxygens (including phenoxy) is 1. The number of benzene rings is 2. The summed E-state index contributed by atoms with van der Waals surface area (Å²) in [4.78, 5) is 16.4. The van der Waals surface area contributed by atoms with E-state index < -0.39 is 0 Å². The number of carbonyl (C=O) groups is 1. The van der Waals surface area contributed by atoms with Crippen molar-refractivity contribution in [3.8, 4) is 5.75 Å². The molecule has 3 aromatic rings. The molecule has 0 aliphatic heterocycles. The van der Waals surface area contributed by atoms with Crippen molar-refractivity contribution >= 4 is 11.7 Å². The summed E-state index contributed by atoms with van der Waals surface area (Å²) in [6, 6.07) is 12.9. The Morgan fingerprint density at radius 3 is 2.73 bits per heavy atom. The SMILES string of the molecule is CC(C)c1noc(CCCNC(=O)Nc2cccc(OCc3ccc(F)cc3)c2)n1. The number of hydrogen-bond acceptors (Lipinski definition) is 5. The van der Waals surface area contributed by atoms with E-state index in [1.807, 2.05) is 13.8 Å². The molecule has 0 unspecified atom stereocenters. The Balaban J connectivity index is 1.40. The Bertz CT molecular complexity index is 957. The van der Waals surface area contributed by atoms with Crippen LogP contribution in [-0.2, 0) is 13.0 Å². The van der Waals surface area contributed by atoms with Crippen LogP contribution in [0.3, 0.4) is 0 Å². The third-order valence-corrected chi connectivity index (χ3v) is 4.26. The van der Waals surface area contributed by atoms with Gasteiger partial charge >= 0.3 is 6.03 Å². The lowest BCUT2D eigenvalue weighted by Gasteiger charge is -2.10. The maximum absolute atomic E-state index is 13.0. The van der Waals surface area contributed by atoms with Crippen molar-refractivity contribution in [2.75, 3.05) is 11.9 Å². The van der Waals surface area contributed by atoms with Gasteiger partial charge in [-0.15, -0.1) is 0 Å². The average Bonchev–Trinajstić information content (AvgIpc) is 3.20. The van der Waals surface area contributed by atoms with Gasteiger partial charge in [0.2, 0.25) is 5.89 Å². The molecule has 0 radical (unpaired) electrons. The first-order chi connectivity index (χ1) is 14.5. The minimum absolute atomic E-state index is 0.224. The Kier molecular flexibility index (Phi) is 7.37. The van der Waals surface area contributed by atoms with E-state index in [-0.39, 0.29) is 17.8 Å². The fraction of sp³-hybridized carbons (Fsp3) is 0.318. The zero-order valence-corrected chi connectivity index (χ0v) is 17.0. The third kappa shape index (κ3) is 6.58. The van der Waals surface area contributed by atoms with Crippen molar-refractivity contribution in [3.05, 3.63) is 71.6 Å². The van der Waals surface area contributed by atoms with Crippen LogP contribution in [-0.4, -0.2) is 22.7 Å². The van der Waals surface area contributed by atoms with E-state index in [1.54, 1.807) is 36.4 Å². The van der Waals surface area contributed by atoms with Gasteiger partial charge in [-0.2, -0.15) is 4.98 Å². The lowest BCUT2D eigenvalue weighted by molar-refractivity contribution is 0.251. The molecule has 30 heavy (non-hydrogen) atoms. The molecule has 0 saturated carbocycles. The highest BCUT2D eigenvalue weighted by Crippen LogP contribution is 2.19. The molecule has 2 amide bonds. The molecular formula is C22H25FN4O3. The monoisotopic (exact) mass is 412 g/mol. The topological polar surface area (TPSA) is 89.3 Å². The number of carbonyl (C=O) groups excluding carboxylic acids is 1. The van der Waals surface area contributed by atoms with Gasteiger partial charge in [-0.3, -0.25) is 0 Å². The number of aromatic nitrogens is 2. The molecule has 0 spiro atoms. The number of nitrogens with zero attached hydrogens (tertiary/aromatic N) is 2. The molecule has 7 nitrogen and oxygen atoms in total. The van der Waals surface area contributed by atoms with E-state index in [4.69, 9.17) is 9.26 Å². The highest BCUT2D eigenvalue weighted by molar-refractivity contribution is 5.89. The molecule has 1 aromatic heterocycles. The summed E-state index contributed by atoms with van der Waals surface area (Å²) in [6.45, 7) is 4.79. The van der Waals surface area contributed by atoms with Gasteiger partial charge in [0.1, 0.15) is 18.2 Å². The van der Waals surface area contributed by atoms with Crippen LogP contribution in [0.4, 0.5) is 14.9 Å². The van der Waals surface area contributed by atoms with E-state index in [0.717, 1.165) is 5.56 Å². The third-order valence-electron chi connectivity index (χ3n) is 4.26. The Labute approximate surface area is 174 Å². The number of rotatable bonds is 9. The fourth-order valence-corrected chi connectivity index (χ4v) is 2.63. The maximum Gasteiger partial charge on any atom is 0.319 e. The molecule has 2 aromatic carbocycles. The van der Waals surface area contributed by atoms with E-state index in [1.165, 1.54) is 12.1 Å². The van der Waals surface area contributed by atoms with E-state index in [2.05, 4.69) is 20.8 Å². The van der Waals surface area contributed by atoms with Gasteiger partial charge in [-0.05, 0) is 36.2 Å². The van der Waals surface area contributed by atoms with E-state index in [9.17, 15) is 9.18 Å². The van der Waals surface area contributed by atoms with Gasteiger partial charge in [-0.25, -0.2) is 9.18 Å². The van der Waals surface area contributed by atoms with Gasteiger partial charge in [0, 0.05) is 30.6 Å². The Morgan fingerprint density at radius 1 is 1.20 bits per heavy atom. The van der Waals surface area contributed by atoms with E-state index in [0.29, 0.717) is 49.1 Å². The maximum atomic E-state index is 13.0. The minimum atomic E-state index is -0.306. The van der Waals surface area contributed by atoms with Gasteiger partial charge < -0.3 is 19.9 Å². The second-order valence-electron chi connectivity index (χ2n) is 7.13. The number of nitrogens with one attached hydrogen (secondary N) is 2.